The molecule has 0 aliphatic carbocycles. The topological polar surface area (TPSA) is 46.2 Å². The summed E-state index contributed by atoms with van der Waals surface area (Å²) in [4.78, 5) is 0. The zero-order valence-electron chi connectivity index (χ0n) is 22.1. The highest BCUT2D eigenvalue weighted by molar-refractivity contribution is 6.89. The lowest BCUT2D eigenvalue weighted by atomic mass is 10.4. The van der Waals surface area contributed by atoms with E-state index in [-0.39, 0.29) is 0 Å². The number of hydrogen-bond acceptors (Lipinski definition) is 5. The number of hydrogen-bond donors (Lipinski definition) is 0. The molecule has 0 aromatic carbocycles. The summed E-state index contributed by atoms with van der Waals surface area (Å²) in [5.41, 5.74) is 2.10. The van der Waals surface area contributed by atoms with Crippen LogP contribution < -0.4 is 0 Å². The second kappa shape index (κ2) is 13.8. The van der Waals surface area contributed by atoms with Gasteiger partial charge in [0.15, 0.2) is 16.6 Å². The van der Waals surface area contributed by atoms with Crippen LogP contribution in [0.3, 0.4) is 0 Å². The number of rotatable bonds is 18. The van der Waals surface area contributed by atoms with Crippen LogP contribution in [0.2, 0.25) is 64.5 Å². The van der Waals surface area contributed by atoms with Crippen LogP contribution in [-0.4, -0.2) is 60.2 Å². The molecule has 0 aromatic rings. The first-order chi connectivity index (χ1) is 14.0. The average Bonchev–Trinajstić information content (AvgIpc) is 2.49. The molecule has 0 aliphatic heterocycles. The fourth-order valence-corrected chi connectivity index (χ4v) is 21.8. The minimum atomic E-state index is -2.42. The third-order valence-electron chi connectivity index (χ3n) is 4.01. The molecule has 0 saturated carbocycles. The zero-order chi connectivity index (χ0) is 24.3. The van der Waals surface area contributed by atoms with Gasteiger partial charge in [-0.1, -0.05) is 24.3 Å². The van der Waals surface area contributed by atoms with E-state index in [4.69, 9.17) is 21.8 Å². The van der Waals surface area contributed by atoms with Crippen molar-refractivity contribution < 1.29 is 21.8 Å². The van der Waals surface area contributed by atoms with Gasteiger partial charge in [-0.25, -0.2) is 0 Å². The van der Waals surface area contributed by atoms with E-state index < -0.39 is 33.8 Å². The molecule has 5 nitrogen and oxygen atoms in total. The molecule has 0 saturated heterocycles. The smallest absolute Gasteiger partial charge is 0.315 e. The van der Waals surface area contributed by atoms with Crippen molar-refractivity contribution in [1.29, 1.82) is 0 Å². The minimum absolute atomic E-state index is 0.614. The Kier molecular flexibility index (Phi) is 13.8. The molecule has 184 valence electrons. The Morgan fingerprint density at radius 3 is 1.16 bits per heavy atom. The quantitative estimate of drug-likeness (QED) is 0.116. The van der Waals surface area contributed by atoms with Crippen LogP contribution in [0.25, 0.3) is 0 Å². The fraction of sp³-hybridized carbons (Fsp3) is 0.818. The van der Waals surface area contributed by atoms with Crippen molar-refractivity contribution >= 4 is 33.8 Å². The van der Waals surface area contributed by atoms with Crippen molar-refractivity contribution in [1.82, 2.24) is 0 Å². The monoisotopic (exact) mass is 506 g/mol. The predicted octanol–water partition coefficient (Wildman–Crippen LogP) is 6.82. The third kappa shape index (κ3) is 18.3. The lowest BCUT2D eigenvalue weighted by Crippen LogP contribution is -2.58. The maximum Gasteiger partial charge on any atom is 0.315 e. The molecule has 0 aliphatic rings. The van der Waals surface area contributed by atoms with Gasteiger partial charge in [0.05, 0.1) is 13.2 Å². The third-order valence-corrected chi connectivity index (χ3v) is 18.3. The van der Waals surface area contributed by atoms with Crippen LogP contribution in [0.15, 0.2) is 24.3 Å². The van der Waals surface area contributed by atoms with Crippen molar-refractivity contribution in [2.45, 2.75) is 91.2 Å². The summed E-state index contributed by atoms with van der Waals surface area (Å²) < 4.78 is 31.9. The first-order valence-corrected chi connectivity index (χ1v) is 23.4. The van der Waals surface area contributed by atoms with E-state index in [1.54, 1.807) is 0 Å². The second-order valence-corrected chi connectivity index (χ2v) is 27.5. The van der Waals surface area contributed by atoms with E-state index >= 15 is 0 Å². The van der Waals surface area contributed by atoms with E-state index in [2.05, 4.69) is 65.5 Å². The standard InChI is InChI=1S/C22H50O5Si4/c1-21(2)19-23-15-13-17-30(11,25-28(5,6)7)27-31(12,26-29(8,9)10)18-14-16-24-20-22(3)4/h1,3,13-20H2,2,4-12H3. The van der Waals surface area contributed by atoms with Crippen LogP contribution in [0.5, 0.6) is 0 Å². The molecule has 2 atom stereocenters. The Morgan fingerprint density at radius 2 is 0.903 bits per heavy atom. The fourth-order valence-electron chi connectivity index (χ4n) is 3.48. The lowest BCUT2D eigenvalue weighted by Gasteiger charge is -2.43. The molecular weight excluding hydrogens is 457 g/mol. The molecule has 0 radical (unpaired) electrons. The van der Waals surface area contributed by atoms with E-state index in [0.29, 0.717) is 26.4 Å². The molecule has 31 heavy (non-hydrogen) atoms. The van der Waals surface area contributed by atoms with Crippen LogP contribution >= 0.6 is 0 Å². The van der Waals surface area contributed by atoms with E-state index in [9.17, 15) is 0 Å². The predicted molar refractivity (Wildman–Crippen MR) is 143 cm³/mol. The molecule has 0 spiro atoms. The van der Waals surface area contributed by atoms with Gasteiger partial charge in [-0.2, -0.15) is 0 Å². The van der Waals surface area contributed by atoms with Crippen molar-refractivity contribution in [2.24, 2.45) is 0 Å². The van der Waals surface area contributed by atoms with Crippen LogP contribution in [0, 0.1) is 0 Å². The Balaban J connectivity index is 5.25. The van der Waals surface area contributed by atoms with Gasteiger partial charge < -0.3 is 21.8 Å². The molecular formula is C22H50O5Si4. The van der Waals surface area contributed by atoms with Crippen molar-refractivity contribution in [3.63, 3.8) is 0 Å². The van der Waals surface area contributed by atoms with Crippen molar-refractivity contribution in [3.05, 3.63) is 24.3 Å². The summed E-state index contributed by atoms with van der Waals surface area (Å²) in [6, 6.07) is 1.83. The lowest BCUT2D eigenvalue weighted by molar-refractivity contribution is 0.153. The van der Waals surface area contributed by atoms with Gasteiger partial charge >= 0.3 is 17.1 Å². The first-order valence-electron chi connectivity index (χ1n) is 11.5. The largest absolute Gasteiger partial charge is 0.437 e. The molecule has 0 rings (SSSR count). The minimum Gasteiger partial charge on any atom is -0.437 e. The molecule has 0 heterocycles. The molecule has 0 N–H and O–H groups in total. The van der Waals surface area contributed by atoms with E-state index in [1.807, 2.05) is 13.8 Å². The van der Waals surface area contributed by atoms with Crippen LogP contribution in [0.4, 0.5) is 0 Å². The second-order valence-electron chi connectivity index (χ2n) is 11.0. The SMILES string of the molecule is C=C(C)COCCC[Si](C)(O[Si](C)(C)C)O[Si](C)(CCCOCC(=C)C)O[Si](C)(C)C. The Bertz CT molecular complexity index is 511. The molecule has 2 unspecified atom stereocenters. The first kappa shape index (κ1) is 31.1. The van der Waals surface area contributed by atoms with Gasteiger partial charge in [-0.15, -0.1) is 0 Å². The van der Waals surface area contributed by atoms with Gasteiger partial charge in [0.25, 0.3) is 0 Å². The highest BCUT2D eigenvalue weighted by Gasteiger charge is 2.46. The maximum atomic E-state index is 6.99. The molecule has 9 heteroatoms. The van der Waals surface area contributed by atoms with Gasteiger partial charge in [-0.05, 0) is 91.2 Å². The summed E-state index contributed by atoms with van der Waals surface area (Å²) in [6.45, 7) is 32.3. The summed E-state index contributed by atoms with van der Waals surface area (Å²) in [7, 11) is -8.38. The maximum absolute atomic E-state index is 6.99. The highest BCUT2D eigenvalue weighted by Crippen LogP contribution is 2.30. The van der Waals surface area contributed by atoms with E-state index in [1.165, 1.54) is 0 Å². The Labute approximate surface area is 197 Å². The summed E-state index contributed by atoms with van der Waals surface area (Å²) in [5.74, 6) is 0. The Hall–Kier alpha value is 0.148. The normalized spacial score (nSPS) is 16.6. The van der Waals surface area contributed by atoms with Crippen LogP contribution in [0.1, 0.15) is 26.7 Å². The Morgan fingerprint density at radius 1 is 0.581 bits per heavy atom. The zero-order valence-corrected chi connectivity index (χ0v) is 26.1. The highest BCUT2D eigenvalue weighted by atomic mass is 28.5. The summed E-state index contributed by atoms with van der Waals surface area (Å²) in [6.07, 6.45) is 1.86. The molecule has 0 amide bonds. The average molecular weight is 507 g/mol. The van der Waals surface area contributed by atoms with Gasteiger partial charge in [0, 0.05) is 13.2 Å². The van der Waals surface area contributed by atoms with Gasteiger partial charge in [-0.3, -0.25) is 0 Å². The van der Waals surface area contributed by atoms with Crippen LogP contribution in [-0.2, 0) is 21.8 Å². The van der Waals surface area contributed by atoms with E-state index in [0.717, 1.165) is 36.1 Å². The number of ether oxygens (including phenoxy) is 2. The van der Waals surface area contributed by atoms with Crippen molar-refractivity contribution in [3.8, 4) is 0 Å². The van der Waals surface area contributed by atoms with Crippen molar-refractivity contribution in [2.75, 3.05) is 26.4 Å². The molecule has 0 aromatic heterocycles. The molecule has 0 bridgehead atoms. The van der Waals surface area contributed by atoms with Gasteiger partial charge in [0.2, 0.25) is 0 Å². The molecule has 0 fully saturated rings. The van der Waals surface area contributed by atoms with Gasteiger partial charge in [0.1, 0.15) is 0 Å². The summed E-state index contributed by atoms with van der Waals surface area (Å²) >= 11 is 0. The summed E-state index contributed by atoms with van der Waals surface area (Å²) in [5, 5.41) is 0.